The monoisotopic (exact) mass is 451 g/mol. The van der Waals surface area contributed by atoms with Crippen LogP contribution in [-0.2, 0) is 22.6 Å². The van der Waals surface area contributed by atoms with Crippen molar-refractivity contribution in [1.82, 2.24) is 15.4 Å². The molecule has 32 heavy (non-hydrogen) atoms. The molecule has 1 aliphatic rings. The van der Waals surface area contributed by atoms with Gasteiger partial charge < -0.3 is 18.4 Å². The van der Waals surface area contributed by atoms with Gasteiger partial charge in [0.1, 0.15) is 29.4 Å². The number of hydrogen-bond acceptors (Lipinski definition) is 8. The van der Waals surface area contributed by atoms with Gasteiger partial charge >= 0.3 is 5.97 Å². The predicted octanol–water partition coefficient (Wildman–Crippen LogP) is 4.65. The highest BCUT2D eigenvalue weighted by atomic mass is 35.5. The molecule has 0 N–H and O–H groups in total. The van der Waals surface area contributed by atoms with Crippen LogP contribution in [0.25, 0.3) is 22.7 Å². The number of rotatable bonds is 5. The van der Waals surface area contributed by atoms with Crippen LogP contribution in [0.15, 0.2) is 57.5 Å². The number of halogens is 1. The molecule has 1 unspecified atom stereocenters. The molecule has 0 saturated carbocycles. The molecule has 162 valence electrons. The van der Waals surface area contributed by atoms with Crippen molar-refractivity contribution in [3.8, 4) is 28.5 Å². The zero-order chi connectivity index (χ0) is 22.1. The summed E-state index contributed by atoms with van der Waals surface area (Å²) < 4.78 is 22.1. The quantitative estimate of drug-likeness (QED) is 0.404. The highest BCUT2D eigenvalue weighted by molar-refractivity contribution is 6.30. The molecule has 0 radical (unpaired) electrons. The van der Waals surface area contributed by atoms with E-state index < -0.39 is 11.9 Å². The summed E-state index contributed by atoms with van der Waals surface area (Å²) in [5.74, 6) is 0.868. The molecule has 9 heteroatoms. The van der Waals surface area contributed by atoms with E-state index in [2.05, 4.69) is 15.4 Å². The van der Waals surface area contributed by atoms with Gasteiger partial charge in [-0.15, -0.1) is 10.2 Å². The van der Waals surface area contributed by atoms with Gasteiger partial charge in [0, 0.05) is 10.6 Å². The lowest BCUT2D eigenvalue weighted by molar-refractivity contribution is -0.152. The number of hydrogen-bond donors (Lipinski definition) is 0. The third kappa shape index (κ3) is 3.97. The fourth-order valence-electron chi connectivity index (χ4n) is 3.60. The van der Waals surface area contributed by atoms with E-state index in [1.54, 1.807) is 25.1 Å². The number of esters is 1. The molecule has 0 amide bonds. The second kappa shape index (κ2) is 8.47. The normalized spacial score (nSPS) is 15.1. The van der Waals surface area contributed by atoms with Crippen molar-refractivity contribution in [2.24, 2.45) is 5.92 Å². The molecule has 0 saturated heterocycles. The molecule has 1 atom stereocenters. The van der Waals surface area contributed by atoms with Crippen molar-refractivity contribution in [3.63, 3.8) is 0 Å². The van der Waals surface area contributed by atoms with Crippen molar-refractivity contribution >= 4 is 17.6 Å². The van der Waals surface area contributed by atoms with Gasteiger partial charge in [-0.05, 0) is 37.1 Å². The van der Waals surface area contributed by atoms with E-state index in [4.69, 9.17) is 30.0 Å². The second-order valence-electron chi connectivity index (χ2n) is 7.40. The number of nitrogens with zero attached hydrogens (tertiary/aromatic N) is 3. The van der Waals surface area contributed by atoms with Crippen molar-refractivity contribution in [2.75, 3.05) is 6.61 Å². The smallest absolute Gasteiger partial charge is 0.313 e. The number of benzene rings is 2. The SMILES string of the molecule is Cc1onc(-c2ccccc2)c1-c1nnc(COC(=O)C2COc3ccc(Cl)cc3C2)o1. The standard InChI is InChI=1S/C23H18ClN3O5/c1-13-20(21(27-32-13)14-5-3-2-4-6-14)22-26-25-19(31-22)12-30-23(28)16-9-15-10-17(24)7-8-18(15)29-11-16/h2-8,10,16H,9,11-12H2,1H3. The molecule has 0 bridgehead atoms. The molecule has 2 aromatic carbocycles. The van der Waals surface area contributed by atoms with Crippen molar-refractivity contribution < 1.29 is 23.2 Å². The van der Waals surface area contributed by atoms with Crippen LogP contribution in [0.2, 0.25) is 5.02 Å². The molecular weight excluding hydrogens is 434 g/mol. The van der Waals surface area contributed by atoms with Crippen molar-refractivity contribution in [1.29, 1.82) is 0 Å². The summed E-state index contributed by atoms with van der Waals surface area (Å²) in [6.45, 7) is 1.87. The summed E-state index contributed by atoms with van der Waals surface area (Å²) in [4.78, 5) is 12.5. The molecule has 0 fully saturated rings. The minimum atomic E-state index is -0.437. The van der Waals surface area contributed by atoms with Crippen LogP contribution in [0.1, 0.15) is 17.2 Å². The number of carbonyl (C=O) groups is 1. The van der Waals surface area contributed by atoms with E-state index >= 15 is 0 Å². The van der Waals surface area contributed by atoms with Crippen LogP contribution in [0.5, 0.6) is 5.75 Å². The number of aryl methyl sites for hydroxylation is 1. The molecule has 5 rings (SSSR count). The first kappa shape index (κ1) is 20.3. The summed E-state index contributed by atoms with van der Waals surface area (Å²) in [7, 11) is 0. The van der Waals surface area contributed by atoms with Crippen LogP contribution in [0, 0.1) is 12.8 Å². The largest absolute Gasteiger partial charge is 0.492 e. The Morgan fingerprint density at radius 2 is 2.03 bits per heavy atom. The van der Waals surface area contributed by atoms with Gasteiger partial charge in [-0.25, -0.2) is 0 Å². The Labute approximate surface area is 188 Å². The minimum absolute atomic E-state index is 0.143. The van der Waals surface area contributed by atoms with Crippen LogP contribution >= 0.6 is 11.6 Å². The van der Waals surface area contributed by atoms with Gasteiger partial charge in [0.05, 0.1) is 5.92 Å². The van der Waals surface area contributed by atoms with Crippen LogP contribution in [0.3, 0.4) is 0 Å². The molecule has 4 aromatic rings. The maximum absolute atomic E-state index is 12.5. The molecule has 8 nitrogen and oxygen atoms in total. The maximum Gasteiger partial charge on any atom is 0.313 e. The first-order valence-corrected chi connectivity index (χ1v) is 10.4. The molecule has 0 aliphatic carbocycles. The van der Waals surface area contributed by atoms with Gasteiger partial charge in [0.15, 0.2) is 6.61 Å². The Morgan fingerprint density at radius 1 is 1.19 bits per heavy atom. The third-order valence-electron chi connectivity index (χ3n) is 5.19. The van der Waals surface area contributed by atoms with E-state index in [-0.39, 0.29) is 25.0 Å². The minimum Gasteiger partial charge on any atom is -0.492 e. The molecule has 1 aliphatic heterocycles. The Bertz CT molecular complexity index is 1270. The predicted molar refractivity (Wildman–Crippen MR) is 114 cm³/mol. The summed E-state index contributed by atoms with van der Waals surface area (Å²) in [6, 6.07) is 14.9. The Morgan fingerprint density at radius 3 is 2.88 bits per heavy atom. The third-order valence-corrected chi connectivity index (χ3v) is 5.43. The Hall–Kier alpha value is -3.65. The molecule has 2 aromatic heterocycles. The zero-order valence-corrected chi connectivity index (χ0v) is 17.8. The summed E-state index contributed by atoms with van der Waals surface area (Å²) >= 11 is 6.04. The lowest BCUT2D eigenvalue weighted by Crippen LogP contribution is -2.29. The lowest BCUT2D eigenvalue weighted by atomic mass is 9.97. The fraction of sp³-hybridized carbons (Fsp3) is 0.217. The van der Waals surface area contributed by atoms with E-state index in [0.29, 0.717) is 28.5 Å². The van der Waals surface area contributed by atoms with Crippen molar-refractivity contribution in [2.45, 2.75) is 20.0 Å². The molecule has 0 spiro atoms. The molecule has 3 heterocycles. The molecular formula is C23H18ClN3O5. The summed E-state index contributed by atoms with van der Waals surface area (Å²) in [5, 5.41) is 12.8. The number of ether oxygens (including phenoxy) is 2. The number of fused-ring (bicyclic) bond motifs is 1. The van der Waals surface area contributed by atoms with Gasteiger partial charge in [0.25, 0.3) is 11.8 Å². The van der Waals surface area contributed by atoms with E-state index in [1.807, 2.05) is 30.3 Å². The van der Waals surface area contributed by atoms with Crippen LogP contribution < -0.4 is 4.74 Å². The summed E-state index contributed by atoms with van der Waals surface area (Å²) in [6.07, 6.45) is 0.490. The number of carbonyl (C=O) groups excluding carboxylic acids is 1. The van der Waals surface area contributed by atoms with Gasteiger partial charge in [-0.3, -0.25) is 4.79 Å². The first-order chi connectivity index (χ1) is 15.6. The van der Waals surface area contributed by atoms with Gasteiger partial charge in [0.2, 0.25) is 0 Å². The fourth-order valence-corrected chi connectivity index (χ4v) is 3.79. The topological polar surface area (TPSA) is 100 Å². The van der Waals surface area contributed by atoms with Crippen LogP contribution in [-0.4, -0.2) is 27.9 Å². The van der Waals surface area contributed by atoms with Crippen LogP contribution in [0.4, 0.5) is 0 Å². The average molecular weight is 452 g/mol. The Kier molecular flexibility index (Phi) is 5.36. The first-order valence-electron chi connectivity index (χ1n) is 10.0. The van der Waals surface area contributed by atoms with Gasteiger partial charge in [-0.1, -0.05) is 47.1 Å². The maximum atomic E-state index is 12.5. The Balaban J connectivity index is 1.27. The van der Waals surface area contributed by atoms with E-state index in [1.165, 1.54) is 0 Å². The van der Waals surface area contributed by atoms with Crippen molar-refractivity contribution in [3.05, 3.63) is 70.8 Å². The van der Waals surface area contributed by atoms with E-state index in [9.17, 15) is 4.79 Å². The zero-order valence-electron chi connectivity index (χ0n) is 17.1. The van der Waals surface area contributed by atoms with Gasteiger partial charge in [-0.2, -0.15) is 0 Å². The van der Waals surface area contributed by atoms with E-state index in [0.717, 1.165) is 16.9 Å². The highest BCUT2D eigenvalue weighted by Gasteiger charge is 2.28. The lowest BCUT2D eigenvalue weighted by Gasteiger charge is -2.23. The highest BCUT2D eigenvalue weighted by Crippen LogP contribution is 2.34. The second-order valence-corrected chi connectivity index (χ2v) is 7.84. The summed E-state index contributed by atoms with van der Waals surface area (Å²) in [5.41, 5.74) is 2.95. The number of aromatic nitrogens is 3. The average Bonchev–Trinajstić information content (AvgIpc) is 3.43.